The highest BCUT2D eigenvalue weighted by molar-refractivity contribution is 7.90. The third-order valence-electron chi connectivity index (χ3n) is 5.17. The second-order valence-electron chi connectivity index (χ2n) is 6.80. The maximum Gasteiger partial charge on any atom is 0.217 e. The Morgan fingerprint density at radius 2 is 1.40 bits per heavy atom. The minimum Gasteiger partial charge on any atom is -0.212 e. The van der Waals surface area contributed by atoms with Crippen LogP contribution in [0.25, 0.3) is 0 Å². The number of sulfonamides is 2. The molecule has 0 bridgehead atoms. The van der Waals surface area contributed by atoms with Gasteiger partial charge in [0.1, 0.15) is 0 Å². The van der Waals surface area contributed by atoms with Crippen LogP contribution in [0.1, 0.15) is 31.2 Å². The summed E-state index contributed by atoms with van der Waals surface area (Å²) in [4.78, 5) is 0. The summed E-state index contributed by atoms with van der Waals surface area (Å²) in [7, 11) is -6.63. The van der Waals surface area contributed by atoms with Crippen molar-refractivity contribution in [1.29, 1.82) is 0 Å². The summed E-state index contributed by atoms with van der Waals surface area (Å²) in [6, 6.07) is 9.54. The first-order chi connectivity index (χ1) is 11.9. The molecule has 0 aromatic heterocycles. The van der Waals surface area contributed by atoms with E-state index in [1.807, 2.05) is 30.3 Å². The van der Waals surface area contributed by atoms with Crippen molar-refractivity contribution in [2.24, 2.45) is 0 Å². The van der Waals surface area contributed by atoms with E-state index in [0.717, 1.165) is 31.2 Å². The Hall–Kier alpha value is -0.960. The molecule has 140 valence electrons. The van der Waals surface area contributed by atoms with Crippen molar-refractivity contribution in [1.82, 2.24) is 8.61 Å². The molecule has 25 heavy (non-hydrogen) atoms. The van der Waals surface area contributed by atoms with E-state index in [4.69, 9.17) is 0 Å². The van der Waals surface area contributed by atoms with Crippen molar-refractivity contribution in [3.05, 3.63) is 35.9 Å². The van der Waals surface area contributed by atoms with Crippen LogP contribution in [0.3, 0.4) is 0 Å². The monoisotopic (exact) mass is 386 g/mol. The summed E-state index contributed by atoms with van der Waals surface area (Å²) in [5.41, 5.74) is 0.994. The van der Waals surface area contributed by atoms with Crippen molar-refractivity contribution in [2.45, 2.75) is 37.4 Å². The van der Waals surface area contributed by atoms with Crippen LogP contribution in [0.5, 0.6) is 0 Å². The first-order valence-corrected chi connectivity index (χ1v) is 12.0. The van der Waals surface area contributed by atoms with Gasteiger partial charge in [-0.2, -0.15) is 8.61 Å². The van der Waals surface area contributed by atoms with Crippen molar-refractivity contribution >= 4 is 20.0 Å². The molecule has 0 N–H and O–H groups in total. The van der Waals surface area contributed by atoms with E-state index in [1.165, 1.54) is 8.61 Å². The second-order valence-corrected chi connectivity index (χ2v) is 11.1. The number of benzene rings is 1. The van der Waals surface area contributed by atoms with Gasteiger partial charge in [-0.3, -0.25) is 0 Å². The van der Waals surface area contributed by atoms with Crippen molar-refractivity contribution < 1.29 is 16.8 Å². The van der Waals surface area contributed by atoms with Crippen LogP contribution < -0.4 is 0 Å². The lowest BCUT2D eigenvalue weighted by atomic mass is 10.2. The molecule has 6 nitrogen and oxygen atoms in total. The van der Waals surface area contributed by atoms with Crippen LogP contribution in [-0.4, -0.2) is 62.6 Å². The number of hydrogen-bond donors (Lipinski definition) is 0. The summed E-state index contributed by atoms with van der Waals surface area (Å²) in [5.74, 6) is 0.0619. The lowest BCUT2D eigenvalue weighted by Gasteiger charge is -2.34. The van der Waals surface area contributed by atoms with Crippen LogP contribution in [0.4, 0.5) is 0 Å². The van der Waals surface area contributed by atoms with Crippen LogP contribution in [0.2, 0.25) is 0 Å². The standard InChI is InChI=1S/C17H26N2O4S2/c20-24(21,15-10-16-6-2-1-3-7-16)18-11-13-19(14-12-18)25(22,23)17-8-4-5-9-17/h1-3,6-7,17H,4-5,8-15H2. The maximum absolute atomic E-state index is 12.6. The number of piperazine rings is 1. The third kappa shape index (κ3) is 4.42. The molecule has 2 aliphatic rings. The summed E-state index contributed by atoms with van der Waals surface area (Å²) in [6.07, 6.45) is 3.88. The zero-order chi connectivity index (χ0) is 17.9. The van der Waals surface area contributed by atoms with E-state index in [0.29, 0.717) is 6.42 Å². The van der Waals surface area contributed by atoms with E-state index in [9.17, 15) is 16.8 Å². The molecule has 1 saturated carbocycles. The minimum absolute atomic E-state index is 0.0619. The Morgan fingerprint density at radius 3 is 2.00 bits per heavy atom. The molecule has 2 fully saturated rings. The molecule has 1 aromatic carbocycles. The summed E-state index contributed by atoms with van der Waals surface area (Å²) in [6.45, 7) is 1.04. The van der Waals surface area contributed by atoms with Gasteiger partial charge in [0, 0.05) is 26.2 Å². The molecule has 1 aromatic rings. The van der Waals surface area contributed by atoms with Gasteiger partial charge < -0.3 is 0 Å². The number of aryl methyl sites for hydroxylation is 1. The SMILES string of the molecule is O=S(=O)(CCc1ccccc1)N1CCN(S(=O)(=O)C2CCCC2)CC1. The Balaban J connectivity index is 1.56. The molecule has 1 saturated heterocycles. The van der Waals surface area contributed by atoms with Crippen LogP contribution >= 0.6 is 0 Å². The van der Waals surface area contributed by atoms with Gasteiger partial charge in [-0.05, 0) is 24.8 Å². The number of nitrogens with zero attached hydrogens (tertiary/aromatic N) is 2. The predicted molar refractivity (Wildman–Crippen MR) is 98.3 cm³/mol. The highest BCUT2D eigenvalue weighted by atomic mass is 32.2. The zero-order valence-corrected chi connectivity index (χ0v) is 16.0. The first-order valence-electron chi connectivity index (χ1n) is 8.90. The Morgan fingerprint density at radius 1 is 0.840 bits per heavy atom. The fourth-order valence-corrected chi connectivity index (χ4v) is 7.11. The Labute approximate surface area is 150 Å². The van der Waals surface area contributed by atoms with Gasteiger partial charge in [-0.1, -0.05) is 43.2 Å². The molecule has 1 heterocycles. The molecular weight excluding hydrogens is 360 g/mol. The van der Waals surface area contributed by atoms with Crippen LogP contribution in [0, 0.1) is 0 Å². The van der Waals surface area contributed by atoms with Gasteiger partial charge in [0.15, 0.2) is 0 Å². The van der Waals surface area contributed by atoms with Crippen LogP contribution in [0.15, 0.2) is 30.3 Å². The second kappa shape index (κ2) is 7.73. The molecule has 1 aliphatic heterocycles. The lowest BCUT2D eigenvalue weighted by Crippen LogP contribution is -2.52. The number of hydrogen-bond acceptors (Lipinski definition) is 4. The average molecular weight is 387 g/mol. The highest BCUT2D eigenvalue weighted by Gasteiger charge is 2.37. The molecule has 0 amide bonds. The smallest absolute Gasteiger partial charge is 0.212 e. The largest absolute Gasteiger partial charge is 0.217 e. The topological polar surface area (TPSA) is 74.8 Å². The van der Waals surface area contributed by atoms with Crippen molar-refractivity contribution in [3.8, 4) is 0 Å². The molecule has 0 radical (unpaired) electrons. The van der Waals surface area contributed by atoms with E-state index in [1.54, 1.807) is 0 Å². The Bertz CT molecular complexity index is 764. The summed E-state index contributed by atoms with van der Waals surface area (Å²) >= 11 is 0. The quantitative estimate of drug-likeness (QED) is 0.742. The first kappa shape index (κ1) is 18.8. The van der Waals surface area contributed by atoms with Gasteiger partial charge in [-0.15, -0.1) is 0 Å². The highest BCUT2D eigenvalue weighted by Crippen LogP contribution is 2.28. The summed E-state index contributed by atoms with van der Waals surface area (Å²) in [5, 5.41) is -0.270. The molecule has 0 unspecified atom stereocenters. The van der Waals surface area contributed by atoms with E-state index < -0.39 is 20.0 Å². The molecular formula is C17H26N2O4S2. The normalized spacial score (nSPS) is 21.6. The van der Waals surface area contributed by atoms with Gasteiger partial charge in [-0.25, -0.2) is 16.8 Å². The van der Waals surface area contributed by atoms with E-state index in [-0.39, 0.29) is 37.2 Å². The van der Waals surface area contributed by atoms with Gasteiger partial charge in [0.25, 0.3) is 0 Å². The van der Waals surface area contributed by atoms with E-state index in [2.05, 4.69) is 0 Å². The molecule has 8 heteroatoms. The molecule has 3 rings (SSSR count). The maximum atomic E-state index is 12.6. The van der Waals surface area contributed by atoms with Gasteiger partial charge >= 0.3 is 0 Å². The summed E-state index contributed by atoms with van der Waals surface area (Å²) < 4.78 is 53.2. The van der Waals surface area contributed by atoms with Gasteiger partial charge in [0.05, 0.1) is 11.0 Å². The van der Waals surface area contributed by atoms with Gasteiger partial charge in [0.2, 0.25) is 20.0 Å². The predicted octanol–water partition coefficient (Wildman–Crippen LogP) is 1.45. The third-order valence-corrected chi connectivity index (χ3v) is 9.44. The minimum atomic E-state index is -3.36. The van der Waals surface area contributed by atoms with Crippen LogP contribution in [-0.2, 0) is 26.5 Å². The van der Waals surface area contributed by atoms with E-state index >= 15 is 0 Å². The fraction of sp³-hybridized carbons (Fsp3) is 0.647. The lowest BCUT2D eigenvalue weighted by molar-refractivity contribution is 0.270. The molecule has 0 atom stereocenters. The molecule has 1 aliphatic carbocycles. The zero-order valence-electron chi connectivity index (χ0n) is 14.4. The van der Waals surface area contributed by atoms with Crippen molar-refractivity contribution in [2.75, 3.05) is 31.9 Å². The van der Waals surface area contributed by atoms with Crippen molar-refractivity contribution in [3.63, 3.8) is 0 Å². The average Bonchev–Trinajstić information content (AvgIpc) is 3.17. The number of rotatable bonds is 6. The fourth-order valence-electron chi connectivity index (χ4n) is 3.62. The molecule has 0 spiro atoms. The Kier molecular flexibility index (Phi) is 5.82.